The number of alkyl carbamates (subject to hydrolysis) is 1. The molecule has 1 aromatic rings. The summed E-state index contributed by atoms with van der Waals surface area (Å²) in [6, 6.07) is 5.64. The third kappa shape index (κ3) is 7.93. The molecule has 30 heavy (non-hydrogen) atoms. The Bertz CT molecular complexity index is 711. The van der Waals surface area contributed by atoms with Crippen molar-refractivity contribution in [3.05, 3.63) is 29.8 Å². The Balaban J connectivity index is 3.22. The van der Waals surface area contributed by atoms with Crippen LogP contribution in [-0.4, -0.2) is 43.8 Å². The summed E-state index contributed by atoms with van der Waals surface area (Å²) in [7, 11) is 2.83. The molecule has 0 aliphatic carbocycles. The summed E-state index contributed by atoms with van der Waals surface area (Å²) < 4.78 is 15.3. The predicted molar refractivity (Wildman–Crippen MR) is 113 cm³/mol. The second kappa shape index (κ2) is 11.4. The van der Waals surface area contributed by atoms with Crippen LogP contribution in [0.3, 0.4) is 0 Å². The molecule has 0 radical (unpaired) electrons. The molecule has 0 heterocycles. The Kier molecular flexibility index (Phi) is 9.62. The fraction of sp³-hybridized carbons (Fsp3) is 0.591. The monoisotopic (exact) mass is 422 g/mol. The van der Waals surface area contributed by atoms with Gasteiger partial charge in [-0.2, -0.15) is 0 Å². The normalized spacial score (nSPS) is 14.1. The lowest BCUT2D eigenvalue weighted by Crippen LogP contribution is -2.47. The van der Waals surface area contributed by atoms with Crippen LogP contribution in [0.2, 0.25) is 0 Å². The van der Waals surface area contributed by atoms with Crippen molar-refractivity contribution in [3.8, 4) is 5.75 Å². The van der Waals surface area contributed by atoms with Gasteiger partial charge in [0.1, 0.15) is 17.4 Å². The van der Waals surface area contributed by atoms with Gasteiger partial charge in [-0.15, -0.1) is 0 Å². The first kappa shape index (κ1) is 25.3. The average molecular weight is 423 g/mol. The molecule has 0 spiro atoms. The van der Waals surface area contributed by atoms with E-state index in [2.05, 4.69) is 15.4 Å². The number of esters is 1. The molecule has 2 amide bonds. The van der Waals surface area contributed by atoms with Crippen molar-refractivity contribution in [2.75, 3.05) is 14.2 Å². The van der Waals surface area contributed by atoms with Crippen LogP contribution in [0.4, 0.5) is 4.79 Å². The quantitative estimate of drug-likeness (QED) is 0.592. The van der Waals surface area contributed by atoms with Crippen molar-refractivity contribution < 1.29 is 28.6 Å². The summed E-state index contributed by atoms with van der Waals surface area (Å²) in [5.41, 5.74) is 0.0391. The number of hydrogen-bond acceptors (Lipinski definition) is 6. The lowest BCUT2D eigenvalue weighted by molar-refractivity contribution is -0.145. The Labute approximate surface area is 178 Å². The number of benzene rings is 1. The van der Waals surface area contributed by atoms with Crippen LogP contribution in [0.5, 0.6) is 5.75 Å². The highest BCUT2D eigenvalue weighted by Gasteiger charge is 2.33. The molecule has 0 aliphatic rings. The number of nitrogens with one attached hydrogen (secondary N) is 2. The minimum atomic E-state index is -0.806. The first-order valence-electron chi connectivity index (χ1n) is 10.0. The molecule has 3 atom stereocenters. The maximum atomic E-state index is 13.0. The Hall–Kier alpha value is -2.77. The smallest absolute Gasteiger partial charge is 0.408 e. The van der Waals surface area contributed by atoms with Gasteiger partial charge in [-0.05, 0) is 51.8 Å². The van der Waals surface area contributed by atoms with E-state index < -0.39 is 35.7 Å². The zero-order valence-corrected chi connectivity index (χ0v) is 18.9. The van der Waals surface area contributed by atoms with Crippen molar-refractivity contribution in [2.45, 2.75) is 65.1 Å². The van der Waals surface area contributed by atoms with Gasteiger partial charge in [0.15, 0.2) is 0 Å². The van der Waals surface area contributed by atoms with Crippen LogP contribution in [0.15, 0.2) is 24.3 Å². The largest absolute Gasteiger partial charge is 0.497 e. The SMILES string of the molecule is CCC[C@@H](C(=O)N[C@@H](C)C(=O)OC)[C@@H](NC(=O)OC(C)(C)C)c1ccc(OC)cc1. The van der Waals surface area contributed by atoms with Crippen molar-refractivity contribution in [3.63, 3.8) is 0 Å². The van der Waals surface area contributed by atoms with Crippen LogP contribution in [0.1, 0.15) is 59.1 Å². The number of amides is 2. The Morgan fingerprint density at radius 3 is 2.10 bits per heavy atom. The Morgan fingerprint density at radius 2 is 1.63 bits per heavy atom. The molecule has 8 heteroatoms. The van der Waals surface area contributed by atoms with E-state index in [9.17, 15) is 14.4 Å². The van der Waals surface area contributed by atoms with Crippen LogP contribution in [0, 0.1) is 5.92 Å². The van der Waals surface area contributed by atoms with E-state index in [0.29, 0.717) is 18.6 Å². The predicted octanol–water partition coefficient (Wildman–Crippen LogP) is 3.36. The van der Waals surface area contributed by atoms with Gasteiger partial charge in [-0.25, -0.2) is 9.59 Å². The summed E-state index contributed by atoms with van der Waals surface area (Å²) >= 11 is 0. The minimum Gasteiger partial charge on any atom is -0.497 e. The van der Waals surface area contributed by atoms with Crippen molar-refractivity contribution in [1.82, 2.24) is 10.6 Å². The standard InChI is InChI=1S/C22H34N2O6/c1-8-9-17(19(25)23-14(2)20(26)29-7)18(24-21(27)30-22(3,4)5)15-10-12-16(28-6)13-11-15/h10-14,17-18H,8-9H2,1-7H3,(H,23,25)(H,24,27)/t14-,17+,18-/m0/s1. The van der Waals surface area contributed by atoms with Crippen molar-refractivity contribution >= 4 is 18.0 Å². The molecule has 0 fully saturated rings. The third-order valence-corrected chi connectivity index (χ3v) is 4.40. The van der Waals surface area contributed by atoms with E-state index in [0.717, 1.165) is 5.56 Å². The lowest BCUT2D eigenvalue weighted by Gasteiger charge is -2.30. The van der Waals surface area contributed by atoms with E-state index in [1.54, 1.807) is 59.1 Å². The van der Waals surface area contributed by atoms with Crippen molar-refractivity contribution in [1.29, 1.82) is 0 Å². The molecule has 0 saturated carbocycles. The van der Waals surface area contributed by atoms with Crippen LogP contribution >= 0.6 is 0 Å². The number of rotatable bonds is 9. The lowest BCUT2D eigenvalue weighted by atomic mass is 9.88. The zero-order chi connectivity index (χ0) is 22.9. The van der Waals surface area contributed by atoms with E-state index in [1.165, 1.54) is 7.11 Å². The summed E-state index contributed by atoms with van der Waals surface area (Å²) in [4.78, 5) is 37.3. The first-order chi connectivity index (χ1) is 14.0. The molecule has 1 aromatic carbocycles. The number of ether oxygens (including phenoxy) is 3. The summed E-state index contributed by atoms with van der Waals surface area (Å²) in [5, 5.41) is 5.51. The average Bonchev–Trinajstić information content (AvgIpc) is 2.68. The highest BCUT2D eigenvalue weighted by Crippen LogP contribution is 2.28. The van der Waals surface area contributed by atoms with Gasteiger partial charge in [-0.3, -0.25) is 4.79 Å². The van der Waals surface area contributed by atoms with Crippen LogP contribution in [-0.2, 0) is 19.1 Å². The fourth-order valence-electron chi connectivity index (χ4n) is 2.98. The van der Waals surface area contributed by atoms with Gasteiger partial charge in [-0.1, -0.05) is 25.5 Å². The van der Waals surface area contributed by atoms with Gasteiger partial charge < -0.3 is 24.8 Å². The van der Waals surface area contributed by atoms with Gasteiger partial charge >= 0.3 is 12.1 Å². The molecule has 0 aromatic heterocycles. The second-order valence-electron chi connectivity index (χ2n) is 8.05. The number of methoxy groups -OCH3 is 2. The van der Waals surface area contributed by atoms with E-state index in [-0.39, 0.29) is 5.91 Å². The zero-order valence-electron chi connectivity index (χ0n) is 18.9. The molecule has 0 bridgehead atoms. The molecule has 0 aliphatic heterocycles. The molecule has 168 valence electrons. The van der Waals surface area contributed by atoms with E-state index >= 15 is 0 Å². The maximum absolute atomic E-state index is 13.0. The van der Waals surface area contributed by atoms with Crippen LogP contribution < -0.4 is 15.4 Å². The molecular formula is C22H34N2O6. The molecule has 2 N–H and O–H groups in total. The first-order valence-corrected chi connectivity index (χ1v) is 10.0. The molecule has 0 unspecified atom stereocenters. The second-order valence-corrected chi connectivity index (χ2v) is 8.05. The Morgan fingerprint density at radius 1 is 1.03 bits per heavy atom. The van der Waals surface area contributed by atoms with E-state index in [1.807, 2.05) is 6.92 Å². The highest BCUT2D eigenvalue weighted by atomic mass is 16.6. The van der Waals surface area contributed by atoms with Gasteiger partial charge in [0, 0.05) is 0 Å². The van der Waals surface area contributed by atoms with Gasteiger partial charge in [0.05, 0.1) is 26.2 Å². The minimum absolute atomic E-state index is 0.355. The topological polar surface area (TPSA) is 103 Å². The van der Waals surface area contributed by atoms with Gasteiger partial charge in [0.2, 0.25) is 5.91 Å². The summed E-state index contributed by atoms with van der Waals surface area (Å²) in [5.74, 6) is -0.861. The molecular weight excluding hydrogens is 388 g/mol. The summed E-state index contributed by atoms with van der Waals surface area (Å²) in [6.07, 6.45) is 0.567. The van der Waals surface area contributed by atoms with E-state index in [4.69, 9.17) is 9.47 Å². The third-order valence-electron chi connectivity index (χ3n) is 4.40. The molecule has 0 saturated heterocycles. The van der Waals surface area contributed by atoms with Crippen molar-refractivity contribution in [2.24, 2.45) is 5.92 Å². The van der Waals surface area contributed by atoms with Crippen LogP contribution in [0.25, 0.3) is 0 Å². The highest BCUT2D eigenvalue weighted by molar-refractivity contribution is 5.86. The number of carbonyl (C=O) groups excluding carboxylic acids is 3. The molecule has 8 nitrogen and oxygen atoms in total. The van der Waals surface area contributed by atoms with Gasteiger partial charge in [0.25, 0.3) is 0 Å². The maximum Gasteiger partial charge on any atom is 0.408 e. The number of carbonyl (C=O) groups is 3. The number of hydrogen-bond donors (Lipinski definition) is 2. The fourth-order valence-corrected chi connectivity index (χ4v) is 2.98. The summed E-state index contributed by atoms with van der Waals surface area (Å²) in [6.45, 7) is 8.80. The molecule has 1 rings (SSSR count).